The van der Waals surface area contributed by atoms with Crippen molar-refractivity contribution < 1.29 is 14.9 Å². The zero-order valence-electron chi connectivity index (χ0n) is 8.34. The molecule has 0 unspecified atom stereocenters. The number of anilines is 2. The number of nitrogen functional groups attached to an aromatic ring is 1. The standard InChI is InChI=1S/C8H14N4O3/c1-15-6-7(9)10-4-11-8(6)12-5(2-13)3-14/h4-5,13-14H,2-3H2,1H3,(H3,9,10,11,12). The molecule has 1 rings (SSSR count). The topological polar surface area (TPSA) is 114 Å². The fourth-order valence-corrected chi connectivity index (χ4v) is 1.03. The molecule has 0 spiro atoms. The second-order valence-electron chi connectivity index (χ2n) is 2.85. The molecule has 0 saturated heterocycles. The zero-order valence-corrected chi connectivity index (χ0v) is 8.34. The number of nitrogens with two attached hydrogens (primary N) is 1. The van der Waals surface area contributed by atoms with Crippen LogP contribution in [0.2, 0.25) is 0 Å². The molecule has 15 heavy (non-hydrogen) atoms. The van der Waals surface area contributed by atoms with Gasteiger partial charge in [0, 0.05) is 0 Å². The van der Waals surface area contributed by atoms with Gasteiger partial charge in [-0.15, -0.1) is 0 Å². The summed E-state index contributed by atoms with van der Waals surface area (Å²) in [5.74, 6) is 0.840. The zero-order chi connectivity index (χ0) is 11.3. The van der Waals surface area contributed by atoms with Gasteiger partial charge in [-0.2, -0.15) is 0 Å². The molecule has 0 atom stereocenters. The first kappa shape index (κ1) is 11.5. The summed E-state index contributed by atoms with van der Waals surface area (Å²) in [5.41, 5.74) is 5.55. The maximum Gasteiger partial charge on any atom is 0.203 e. The summed E-state index contributed by atoms with van der Waals surface area (Å²) in [6.07, 6.45) is 1.27. The molecule has 0 aliphatic rings. The molecule has 7 nitrogen and oxygen atoms in total. The molecule has 1 heterocycles. The van der Waals surface area contributed by atoms with Crippen molar-refractivity contribution in [3.63, 3.8) is 0 Å². The fourth-order valence-electron chi connectivity index (χ4n) is 1.03. The van der Waals surface area contributed by atoms with Crippen LogP contribution >= 0.6 is 0 Å². The Morgan fingerprint density at radius 3 is 2.67 bits per heavy atom. The highest BCUT2D eigenvalue weighted by atomic mass is 16.5. The van der Waals surface area contributed by atoms with Crippen LogP contribution in [-0.4, -0.2) is 46.5 Å². The van der Waals surface area contributed by atoms with E-state index in [1.807, 2.05) is 0 Å². The minimum absolute atomic E-state index is 0.199. The van der Waals surface area contributed by atoms with Gasteiger partial charge in [-0.1, -0.05) is 0 Å². The Morgan fingerprint density at radius 2 is 2.13 bits per heavy atom. The second-order valence-corrected chi connectivity index (χ2v) is 2.85. The number of hydrogen-bond donors (Lipinski definition) is 4. The summed E-state index contributed by atoms with van der Waals surface area (Å²) in [5, 5.41) is 20.5. The molecule has 1 aromatic rings. The van der Waals surface area contributed by atoms with E-state index in [0.29, 0.717) is 11.6 Å². The van der Waals surface area contributed by atoms with Crippen LogP contribution in [0.4, 0.5) is 11.6 Å². The summed E-state index contributed by atoms with van der Waals surface area (Å²) < 4.78 is 4.99. The SMILES string of the molecule is COc1c(N)ncnc1NC(CO)CO. The van der Waals surface area contributed by atoms with Crippen LogP contribution < -0.4 is 15.8 Å². The third-order valence-corrected chi connectivity index (χ3v) is 1.82. The van der Waals surface area contributed by atoms with E-state index in [2.05, 4.69) is 15.3 Å². The molecular weight excluding hydrogens is 200 g/mol. The average molecular weight is 214 g/mol. The van der Waals surface area contributed by atoms with E-state index in [1.54, 1.807) is 0 Å². The normalized spacial score (nSPS) is 10.4. The van der Waals surface area contributed by atoms with Gasteiger partial charge in [0.25, 0.3) is 0 Å². The van der Waals surface area contributed by atoms with Gasteiger partial charge in [0.1, 0.15) is 6.33 Å². The number of hydrogen-bond acceptors (Lipinski definition) is 7. The van der Waals surface area contributed by atoms with Gasteiger partial charge in [-0.05, 0) is 0 Å². The van der Waals surface area contributed by atoms with Crippen molar-refractivity contribution in [2.24, 2.45) is 0 Å². The molecule has 84 valence electrons. The highest BCUT2D eigenvalue weighted by molar-refractivity contribution is 5.61. The summed E-state index contributed by atoms with van der Waals surface area (Å²) >= 11 is 0. The van der Waals surface area contributed by atoms with Crippen molar-refractivity contribution in [2.75, 3.05) is 31.4 Å². The monoisotopic (exact) mass is 214 g/mol. The lowest BCUT2D eigenvalue weighted by molar-refractivity contribution is 0.203. The van der Waals surface area contributed by atoms with Crippen LogP contribution in [-0.2, 0) is 0 Å². The van der Waals surface area contributed by atoms with Crippen molar-refractivity contribution in [3.8, 4) is 5.75 Å². The number of ether oxygens (including phenoxy) is 1. The molecule has 0 radical (unpaired) electrons. The van der Waals surface area contributed by atoms with E-state index in [1.165, 1.54) is 13.4 Å². The molecule has 0 aliphatic carbocycles. The highest BCUT2D eigenvalue weighted by Gasteiger charge is 2.13. The van der Waals surface area contributed by atoms with Gasteiger partial charge in [-0.25, -0.2) is 9.97 Å². The van der Waals surface area contributed by atoms with Crippen LogP contribution in [0.5, 0.6) is 5.75 Å². The van der Waals surface area contributed by atoms with E-state index < -0.39 is 6.04 Å². The first-order valence-electron chi connectivity index (χ1n) is 4.35. The van der Waals surface area contributed by atoms with Crippen molar-refractivity contribution in [1.29, 1.82) is 0 Å². The number of methoxy groups -OCH3 is 1. The van der Waals surface area contributed by atoms with Crippen LogP contribution in [0.15, 0.2) is 6.33 Å². The van der Waals surface area contributed by atoms with Gasteiger partial charge in [-0.3, -0.25) is 0 Å². The van der Waals surface area contributed by atoms with Crippen LogP contribution in [0.3, 0.4) is 0 Å². The predicted octanol–water partition coefficient (Wildman–Crippen LogP) is -1.17. The lowest BCUT2D eigenvalue weighted by Crippen LogP contribution is -2.28. The van der Waals surface area contributed by atoms with Gasteiger partial charge >= 0.3 is 0 Å². The number of aliphatic hydroxyl groups is 2. The number of nitrogens with zero attached hydrogens (tertiary/aromatic N) is 2. The largest absolute Gasteiger partial charge is 0.490 e. The lowest BCUT2D eigenvalue weighted by atomic mass is 10.3. The third-order valence-electron chi connectivity index (χ3n) is 1.82. The molecule has 0 fully saturated rings. The maximum absolute atomic E-state index is 8.88. The first-order valence-corrected chi connectivity index (χ1v) is 4.35. The Bertz CT molecular complexity index is 317. The Kier molecular flexibility index (Phi) is 4.07. The Labute approximate surface area is 86.9 Å². The van der Waals surface area contributed by atoms with Gasteiger partial charge in [0.15, 0.2) is 11.6 Å². The predicted molar refractivity (Wildman–Crippen MR) is 54.6 cm³/mol. The molecule has 0 saturated carbocycles. The number of aliphatic hydroxyl groups excluding tert-OH is 2. The molecule has 7 heteroatoms. The summed E-state index contributed by atoms with van der Waals surface area (Å²) in [7, 11) is 1.44. The first-order chi connectivity index (χ1) is 7.22. The minimum atomic E-state index is -0.506. The van der Waals surface area contributed by atoms with Crippen molar-refractivity contribution in [2.45, 2.75) is 6.04 Å². The summed E-state index contributed by atoms with van der Waals surface area (Å²) in [6, 6.07) is -0.506. The highest BCUT2D eigenvalue weighted by Crippen LogP contribution is 2.26. The van der Waals surface area contributed by atoms with Crippen LogP contribution in [0, 0.1) is 0 Å². The quantitative estimate of drug-likeness (QED) is 0.488. The van der Waals surface area contributed by atoms with E-state index in [0.717, 1.165) is 0 Å². The smallest absolute Gasteiger partial charge is 0.203 e. The average Bonchev–Trinajstić information content (AvgIpc) is 2.26. The van der Waals surface area contributed by atoms with Gasteiger partial charge < -0.3 is 26.0 Å². The van der Waals surface area contributed by atoms with E-state index >= 15 is 0 Å². The van der Waals surface area contributed by atoms with Gasteiger partial charge in [0.2, 0.25) is 5.75 Å². The number of nitrogens with one attached hydrogen (secondary N) is 1. The summed E-state index contributed by atoms with van der Waals surface area (Å²) in [4.78, 5) is 7.64. The fraction of sp³-hybridized carbons (Fsp3) is 0.500. The third kappa shape index (κ3) is 2.67. The second kappa shape index (κ2) is 5.32. The van der Waals surface area contributed by atoms with E-state index in [4.69, 9.17) is 20.7 Å². The van der Waals surface area contributed by atoms with E-state index in [9.17, 15) is 0 Å². The number of rotatable bonds is 5. The Hall–Kier alpha value is -1.60. The Balaban J connectivity index is 2.88. The minimum Gasteiger partial charge on any atom is -0.490 e. The Morgan fingerprint density at radius 1 is 1.47 bits per heavy atom. The van der Waals surface area contributed by atoms with Crippen molar-refractivity contribution >= 4 is 11.6 Å². The van der Waals surface area contributed by atoms with Crippen LogP contribution in [0.25, 0.3) is 0 Å². The van der Waals surface area contributed by atoms with Gasteiger partial charge in [0.05, 0.1) is 26.4 Å². The van der Waals surface area contributed by atoms with Crippen molar-refractivity contribution in [3.05, 3.63) is 6.33 Å². The maximum atomic E-state index is 8.88. The molecule has 0 amide bonds. The molecule has 5 N–H and O–H groups in total. The van der Waals surface area contributed by atoms with Crippen LogP contribution in [0.1, 0.15) is 0 Å². The lowest BCUT2D eigenvalue weighted by Gasteiger charge is -2.16. The molecule has 0 bridgehead atoms. The molecular formula is C8H14N4O3. The van der Waals surface area contributed by atoms with Crippen molar-refractivity contribution in [1.82, 2.24) is 9.97 Å². The summed E-state index contributed by atoms with van der Waals surface area (Å²) in [6.45, 7) is -0.437. The van der Waals surface area contributed by atoms with E-state index in [-0.39, 0.29) is 19.0 Å². The number of aromatic nitrogens is 2. The molecule has 1 aromatic heterocycles. The molecule has 0 aliphatic heterocycles. The molecule has 0 aromatic carbocycles.